The van der Waals surface area contributed by atoms with Gasteiger partial charge in [-0.3, -0.25) is 0 Å². The number of aromatic hydroxyl groups is 1. The maximum atomic E-state index is 10.2. The van der Waals surface area contributed by atoms with Crippen LogP contribution in [0.5, 0.6) is 17.2 Å². The van der Waals surface area contributed by atoms with Crippen LogP contribution in [-0.2, 0) is 0 Å². The van der Waals surface area contributed by atoms with Gasteiger partial charge in [0.2, 0.25) is 0 Å². The topological polar surface area (TPSA) is 50.7 Å². The molecule has 4 nitrogen and oxygen atoms in total. The van der Waals surface area contributed by atoms with Crippen LogP contribution in [0.3, 0.4) is 0 Å². The highest BCUT2D eigenvalue weighted by Crippen LogP contribution is 2.46. The molecule has 17 heavy (non-hydrogen) atoms. The van der Waals surface area contributed by atoms with E-state index in [-0.39, 0.29) is 11.8 Å². The molecule has 0 amide bonds. The highest BCUT2D eigenvalue weighted by molar-refractivity contribution is 9.10. The number of methoxy groups -OCH3 is 2. The van der Waals surface area contributed by atoms with Gasteiger partial charge in [-0.15, -0.1) is 0 Å². The normalized spacial score (nSPS) is 19.4. The smallest absolute Gasteiger partial charge is 0.178 e. The Morgan fingerprint density at radius 3 is 2.71 bits per heavy atom. The molecule has 1 aromatic carbocycles. The highest BCUT2D eigenvalue weighted by Gasteiger charge is 2.24. The van der Waals surface area contributed by atoms with Gasteiger partial charge in [0.05, 0.1) is 14.2 Å². The summed E-state index contributed by atoms with van der Waals surface area (Å²) in [5.74, 6) is 1.37. The summed E-state index contributed by atoms with van der Waals surface area (Å²) >= 11 is 3.35. The molecule has 1 aliphatic rings. The summed E-state index contributed by atoms with van der Waals surface area (Å²) in [6.07, 6.45) is 2.14. The van der Waals surface area contributed by atoms with E-state index >= 15 is 0 Å². The van der Waals surface area contributed by atoms with E-state index in [1.165, 1.54) is 0 Å². The molecule has 1 heterocycles. The van der Waals surface area contributed by atoms with E-state index in [0.29, 0.717) is 16.0 Å². The average molecular weight is 302 g/mol. The van der Waals surface area contributed by atoms with Gasteiger partial charge in [0.25, 0.3) is 0 Å². The van der Waals surface area contributed by atoms with Crippen LogP contribution < -0.4 is 14.8 Å². The molecule has 1 saturated heterocycles. The largest absolute Gasteiger partial charge is 0.506 e. The van der Waals surface area contributed by atoms with Crippen LogP contribution in [0, 0.1) is 0 Å². The summed E-state index contributed by atoms with van der Waals surface area (Å²) < 4.78 is 11.0. The summed E-state index contributed by atoms with van der Waals surface area (Å²) in [6.45, 7) is 0.982. The van der Waals surface area contributed by atoms with Crippen molar-refractivity contribution in [2.24, 2.45) is 0 Å². The van der Waals surface area contributed by atoms with Crippen LogP contribution in [0.15, 0.2) is 10.5 Å². The van der Waals surface area contributed by atoms with Gasteiger partial charge in [0, 0.05) is 11.6 Å². The third kappa shape index (κ3) is 2.21. The second-order valence-corrected chi connectivity index (χ2v) is 4.81. The molecule has 5 heteroatoms. The van der Waals surface area contributed by atoms with Crippen LogP contribution in [0.1, 0.15) is 24.4 Å². The zero-order chi connectivity index (χ0) is 12.4. The lowest BCUT2D eigenvalue weighted by atomic mass is 10.0. The lowest BCUT2D eigenvalue weighted by molar-refractivity contribution is 0.346. The zero-order valence-corrected chi connectivity index (χ0v) is 11.5. The molecule has 0 bridgehead atoms. The molecule has 1 unspecified atom stereocenters. The molecule has 2 rings (SSSR count). The van der Waals surface area contributed by atoms with E-state index in [4.69, 9.17) is 9.47 Å². The van der Waals surface area contributed by atoms with E-state index < -0.39 is 0 Å². The van der Waals surface area contributed by atoms with Crippen molar-refractivity contribution in [1.82, 2.24) is 5.32 Å². The number of halogens is 1. The predicted molar refractivity (Wildman–Crippen MR) is 68.9 cm³/mol. The number of phenolic OH excluding ortho intramolecular Hbond substituents is 1. The minimum absolute atomic E-state index is 0.186. The van der Waals surface area contributed by atoms with Crippen LogP contribution >= 0.6 is 15.9 Å². The van der Waals surface area contributed by atoms with Gasteiger partial charge in [-0.2, -0.15) is 0 Å². The number of benzene rings is 1. The van der Waals surface area contributed by atoms with Crippen molar-refractivity contribution < 1.29 is 14.6 Å². The summed E-state index contributed by atoms with van der Waals surface area (Å²) in [5.41, 5.74) is 0.854. The van der Waals surface area contributed by atoms with Crippen molar-refractivity contribution in [2.75, 3.05) is 20.8 Å². The molecule has 1 aliphatic heterocycles. The first-order chi connectivity index (χ1) is 8.19. The van der Waals surface area contributed by atoms with Crippen molar-refractivity contribution >= 4 is 15.9 Å². The van der Waals surface area contributed by atoms with Crippen molar-refractivity contribution in [1.29, 1.82) is 0 Å². The minimum atomic E-state index is 0.186. The van der Waals surface area contributed by atoms with Gasteiger partial charge in [-0.25, -0.2) is 0 Å². The Hall–Kier alpha value is -0.940. The maximum Gasteiger partial charge on any atom is 0.178 e. The number of hydrogen-bond acceptors (Lipinski definition) is 4. The van der Waals surface area contributed by atoms with E-state index in [2.05, 4.69) is 21.2 Å². The lowest BCUT2D eigenvalue weighted by Crippen LogP contribution is -2.13. The Morgan fingerprint density at radius 1 is 1.41 bits per heavy atom. The quantitative estimate of drug-likeness (QED) is 0.901. The Morgan fingerprint density at radius 2 is 2.18 bits per heavy atom. The molecule has 1 atom stereocenters. The predicted octanol–water partition coefficient (Wildman–Crippen LogP) is 2.60. The monoisotopic (exact) mass is 301 g/mol. The summed E-state index contributed by atoms with van der Waals surface area (Å²) in [7, 11) is 3.14. The number of nitrogens with one attached hydrogen (secondary N) is 1. The second-order valence-electron chi connectivity index (χ2n) is 4.01. The third-order valence-corrected chi connectivity index (χ3v) is 3.79. The second kappa shape index (κ2) is 5.14. The average Bonchev–Trinajstić information content (AvgIpc) is 2.85. The fourth-order valence-electron chi connectivity index (χ4n) is 2.18. The summed E-state index contributed by atoms with van der Waals surface area (Å²) in [4.78, 5) is 0. The molecule has 94 valence electrons. The Bertz CT molecular complexity index is 417. The molecular weight excluding hydrogens is 286 g/mol. The Balaban J connectivity index is 2.49. The lowest BCUT2D eigenvalue weighted by Gasteiger charge is -2.18. The van der Waals surface area contributed by atoms with Crippen LogP contribution in [0.2, 0.25) is 0 Å². The highest BCUT2D eigenvalue weighted by atomic mass is 79.9. The third-order valence-electron chi connectivity index (χ3n) is 3.05. The Kier molecular flexibility index (Phi) is 3.79. The molecule has 0 saturated carbocycles. The summed E-state index contributed by atoms with van der Waals surface area (Å²) in [6, 6.07) is 2.02. The molecule has 1 aromatic rings. The molecule has 2 N–H and O–H groups in total. The van der Waals surface area contributed by atoms with E-state index in [1.807, 2.05) is 6.07 Å². The van der Waals surface area contributed by atoms with E-state index in [1.54, 1.807) is 14.2 Å². The number of ether oxygens (including phenoxy) is 2. The van der Waals surface area contributed by atoms with Crippen LogP contribution in [0.25, 0.3) is 0 Å². The van der Waals surface area contributed by atoms with Gasteiger partial charge in [-0.1, -0.05) is 0 Å². The summed E-state index contributed by atoms with van der Waals surface area (Å²) in [5, 5.41) is 13.5. The molecule has 1 fully saturated rings. The number of rotatable bonds is 3. The first-order valence-corrected chi connectivity index (χ1v) is 6.35. The minimum Gasteiger partial charge on any atom is -0.506 e. The van der Waals surface area contributed by atoms with Crippen molar-refractivity contribution in [3.63, 3.8) is 0 Å². The standard InChI is InChI=1S/C12H16BrNO3/c1-16-9-6-7(8-4-3-5-14-8)11(15)10(13)12(9)17-2/h6,8,14-15H,3-5H2,1-2H3. The molecule has 0 radical (unpaired) electrons. The SMILES string of the molecule is COc1cc(C2CCCN2)c(O)c(Br)c1OC. The van der Waals surface area contributed by atoms with E-state index in [9.17, 15) is 5.11 Å². The number of hydrogen-bond donors (Lipinski definition) is 2. The van der Waals surface area contributed by atoms with Crippen LogP contribution in [0.4, 0.5) is 0 Å². The van der Waals surface area contributed by atoms with Crippen molar-refractivity contribution in [2.45, 2.75) is 18.9 Å². The van der Waals surface area contributed by atoms with Gasteiger partial charge >= 0.3 is 0 Å². The maximum absolute atomic E-state index is 10.2. The van der Waals surface area contributed by atoms with Gasteiger partial charge in [0.1, 0.15) is 10.2 Å². The molecular formula is C12H16BrNO3. The zero-order valence-electron chi connectivity index (χ0n) is 9.92. The molecule has 0 aliphatic carbocycles. The van der Waals surface area contributed by atoms with Gasteiger partial charge in [0.15, 0.2) is 11.5 Å². The van der Waals surface area contributed by atoms with Gasteiger partial charge < -0.3 is 19.9 Å². The van der Waals surface area contributed by atoms with E-state index in [0.717, 1.165) is 24.9 Å². The Labute approximate surface area is 109 Å². The van der Waals surface area contributed by atoms with Crippen LogP contribution in [-0.4, -0.2) is 25.9 Å². The first kappa shape index (κ1) is 12.5. The molecule has 0 aromatic heterocycles. The number of phenols is 1. The van der Waals surface area contributed by atoms with Crippen molar-refractivity contribution in [3.8, 4) is 17.2 Å². The van der Waals surface area contributed by atoms with Gasteiger partial charge in [-0.05, 0) is 41.4 Å². The molecule has 0 spiro atoms. The fourth-order valence-corrected chi connectivity index (χ4v) is 2.76. The first-order valence-electron chi connectivity index (χ1n) is 5.55. The van der Waals surface area contributed by atoms with Crippen molar-refractivity contribution in [3.05, 3.63) is 16.1 Å². The fraction of sp³-hybridized carbons (Fsp3) is 0.500.